The number of nitrogens with zero attached hydrogens (tertiary/aromatic N) is 1. The summed E-state index contributed by atoms with van der Waals surface area (Å²) in [6.07, 6.45) is 47.2. The zero-order valence-corrected chi connectivity index (χ0v) is 31.0. The second-order valence-electron chi connectivity index (χ2n) is 13.8. The van der Waals surface area contributed by atoms with E-state index in [-0.39, 0.29) is 5.72 Å². The van der Waals surface area contributed by atoms with Crippen LogP contribution in [0.4, 0.5) is 0 Å². The maximum atomic E-state index is 6.33. The zero-order chi connectivity index (χ0) is 32.2. The highest BCUT2D eigenvalue weighted by Crippen LogP contribution is 2.17. The van der Waals surface area contributed by atoms with Gasteiger partial charge in [-0.3, -0.25) is 4.90 Å². The van der Waals surface area contributed by atoms with Crippen molar-refractivity contribution in [3.05, 3.63) is 24.3 Å². The molecule has 1 unspecified atom stereocenters. The topological polar surface area (TPSA) is 21.7 Å². The van der Waals surface area contributed by atoms with Crippen LogP contribution in [0.15, 0.2) is 24.3 Å². The minimum Gasteiger partial charge on any atom is -0.377 e. The van der Waals surface area contributed by atoms with Gasteiger partial charge in [0.2, 0.25) is 0 Å². The van der Waals surface area contributed by atoms with Gasteiger partial charge in [0.15, 0.2) is 0 Å². The van der Waals surface area contributed by atoms with Gasteiger partial charge in [-0.15, -0.1) is 0 Å². The number of hydrogen-bond donors (Lipinski definition) is 0. The van der Waals surface area contributed by atoms with E-state index in [0.29, 0.717) is 6.61 Å². The molecular formula is C41H81NO2. The Morgan fingerprint density at radius 3 is 1.11 bits per heavy atom. The first kappa shape index (κ1) is 43.4. The summed E-state index contributed by atoms with van der Waals surface area (Å²) >= 11 is 0. The normalized spacial score (nSPS) is 13.6. The highest BCUT2D eigenvalue weighted by molar-refractivity contribution is 4.82. The van der Waals surface area contributed by atoms with E-state index in [0.717, 1.165) is 26.1 Å². The molecule has 0 aliphatic heterocycles. The minimum absolute atomic E-state index is 0.329. The van der Waals surface area contributed by atoms with E-state index < -0.39 is 0 Å². The summed E-state index contributed by atoms with van der Waals surface area (Å²) in [5, 5.41) is 0. The second-order valence-corrected chi connectivity index (χ2v) is 13.8. The van der Waals surface area contributed by atoms with Crippen molar-refractivity contribution in [1.82, 2.24) is 4.90 Å². The Labute approximate surface area is 278 Å². The smallest absolute Gasteiger partial charge is 0.141 e. The second kappa shape index (κ2) is 35.2. The van der Waals surface area contributed by atoms with Crippen LogP contribution in [0, 0.1) is 0 Å². The Kier molecular flexibility index (Phi) is 34.7. The van der Waals surface area contributed by atoms with Crippen LogP contribution in [-0.4, -0.2) is 44.5 Å². The number of rotatable bonds is 36. The maximum Gasteiger partial charge on any atom is 0.141 e. The lowest BCUT2D eigenvalue weighted by atomic mass is 10.1. The van der Waals surface area contributed by atoms with E-state index in [9.17, 15) is 0 Å². The predicted octanol–water partition coefficient (Wildman–Crippen LogP) is 13.4. The fraction of sp³-hybridized carbons (Fsp3) is 0.902. The molecule has 262 valence electrons. The van der Waals surface area contributed by atoms with Crippen LogP contribution in [-0.2, 0) is 9.47 Å². The third-order valence-corrected chi connectivity index (χ3v) is 9.19. The third kappa shape index (κ3) is 31.3. The van der Waals surface area contributed by atoms with E-state index in [2.05, 4.69) is 64.1 Å². The molecule has 0 amide bonds. The number of unbranched alkanes of at least 4 members (excludes halogenated alkanes) is 24. The fourth-order valence-electron chi connectivity index (χ4n) is 5.65. The van der Waals surface area contributed by atoms with Gasteiger partial charge in [-0.1, -0.05) is 154 Å². The summed E-state index contributed by atoms with van der Waals surface area (Å²) in [5.41, 5.74) is -0.329. The SMILES string of the molecule is CCCCCCCC/C=C\CCCCCCCCOCC(C)(OCCCCCCCC/C=C\CCCCCCCC)N(C)C. The lowest BCUT2D eigenvalue weighted by molar-refractivity contribution is -0.163. The van der Waals surface area contributed by atoms with E-state index in [1.807, 2.05) is 0 Å². The summed E-state index contributed by atoms with van der Waals surface area (Å²) in [4.78, 5) is 2.18. The largest absolute Gasteiger partial charge is 0.377 e. The zero-order valence-electron chi connectivity index (χ0n) is 31.0. The Balaban J connectivity index is 3.56. The van der Waals surface area contributed by atoms with Gasteiger partial charge in [0.25, 0.3) is 0 Å². The van der Waals surface area contributed by atoms with E-state index in [1.54, 1.807) is 0 Å². The molecule has 0 N–H and O–H groups in total. The molecule has 44 heavy (non-hydrogen) atoms. The standard InChI is InChI=1S/C41H81NO2/c1-6-8-10-12-14-16-18-20-22-24-26-28-30-32-34-36-38-43-40-41(3,42(4)5)44-39-37-35-33-31-29-27-25-23-21-19-17-15-13-11-9-7-2/h20-23H,6-19,24-40H2,1-5H3/b22-20-,23-21-. The van der Waals surface area contributed by atoms with Crippen molar-refractivity contribution in [2.45, 2.75) is 206 Å². The van der Waals surface area contributed by atoms with Crippen LogP contribution in [0.1, 0.15) is 201 Å². The van der Waals surface area contributed by atoms with Gasteiger partial charge >= 0.3 is 0 Å². The minimum atomic E-state index is -0.329. The first-order valence-electron chi connectivity index (χ1n) is 19.8. The van der Waals surface area contributed by atoms with Gasteiger partial charge in [-0.05, 0) is 85.2 Å². The first-order valence-corrected chi connectivity index (χ1v) is 19.8. The Bertz CT molecular complexity index is 601. The monoisotopic (exact) mass is 620 g/mol. The Hall–Kier alpha value is -0.640. The molecule has 0 radical (unpaired) electrons. The highest BCUT2D eigenvalue weighted by Gasteiger charge is 2.27. The van der Waals surface area contributed by atoms with Crippen molar-refractivity contribution in [2.24, 2.45) is 0 Å². The van der Waals surface area contributed by atoms with Gasteiger partial charge in [0.05, 0.1) is 6.61 Å². The summed E-state index contributed by atoms with van der Waals surface area (Å²) in [5.74, 6) is 0. The molecule has 0 heterocycles. The molecule has 0 rings (SSSR count). The molecule has 3 heteroatoms. The number of ether oxygens (including phenoxy) is 2. The van der Waals surface area contributed by atoms with Crippen LogP contribution >= 0.6 is 0 Å². The summed E-state index contributed by atoms with van der Waals surface area (Å²) in [6.45, 7) is 9.08. The van der Waals surface area contributed by atoms with Crippen molar-refractivity contribution in [3.63, 3.8) is 0 Å². The highest BCUT2D eigenvalue weighted by atomic mass is 16.6. The van der Waals surface area contributed by atoms with Gasteiger partial charge < -0.3 is 9.47 Å². The average Bonchev–Trinajstić information content (AvgIpc) is 3.02. The van der Waals surface area contributed by atoms with Crippen molar-refractivity contribution in [3.8, 4) is 0 Å². The van der Waals surface area contributed by atoms with Crippen molar-refractivity contribution in [1.29, 1.82) is 0 Å². The lowest BCUT2D eigenvalue weighted by Gasteiger charge is -2.36. The van der Waals surface area contributed by atoms with Crippen LogP contribution in [0.5, 0.6) is 0 Å². The lowest BCUT2D eigenvalue weighted by Crippen LogP contribution is -2.48. The average molecular weight is 620 g/mol. The molecule has 0 saturated heterocycles. The summed E-state index contributed by atoms with van der Waals surface area (Å²) < 4.78 is 12.4. The molecular weight excluding hydrogens is 538 g/mol. The predicted molar refractivity (Wildman–Crippen MR) is 198 cm³/mol. The van der Waals surface area contributed by atoms with Crippen LogP contribution in [0.25, 0.3) is 0 Å². The Morgan fingerprint density at radius 2 is 0.750 bits per heavy atom. The van der Waals surface area contributed by atoms with Crippen LogP contribution in [0.2, 0.25) is 0 Å². The molecule has 0 bridgehead atoms. The number of allylic oxidation sites excluding steroid dienone is 4. The van der Waals surface area contributed by atoms with Crippen molar-refractivity contribution in [2.75, 3.05) is 33.9 Å². The van der Waals surface area contributed by atoms with Gasteiger partial charge in [0.1, 0.15) is 5.72 Å². The summed E-state index contributed by atoms with van der Waals surface area (Å²) in [6, 6.07) is 0. The maximum absolute atomic E-state index is 6.33. The molecule has 0 aliphatic carbocycles. The molecule has 3 nitrogen and oxygen atoms in total. The summed E-state index contributed by atoms with van der Waals surface area (Å²) in [7, 11) is 4.21. The van der Waals surface area contributed by atoms with Crippen molar-refractivity contribution >= 4 is 0 Å². The quantitative estimate of drug-likeness (QED) is 0.0395. The molecule has 0 aliphatic rings. The molecule has 0 fully saturated rings. The Morgan fingerprint density at radius 1 is 0.432 bits per heavy atom. The number of hydrogen-bond acceptors (Lipinski definition) is 3. The van der Waals surface area contributed by atoms with Gasteiger partial charge in [0, 0.05) is 13.2 Å². The van der Waals surface area contributed by atoms with Crippen LogP contribution < -0.4 is 0 Å². The van der Waals surface area contributed by atoms with Gasteiger partial charge in [-0.25, -0.2) is 0 Å². The van der Waals surface area contributed by atoms with E-state index in [4.69, 9.17) is 9.47 Å². The van der Waals surface area contributed by atoms with Crippen LogP contribution in [0.3, 0.4) is 0 Å². The first-order chi connectivity index (χ1) is 21.6. The molecule has 0 aromatic heterocycles. The molecule has 1 atom stereocenters. The van der Waals surface area contributed by atoms with E-state index >= 15 is 0 Å². The molecule has 0 aromatic rings. The van der Waals surface area contributed by atoms with E-state index in [1.165, 1.54) is 167 Å². The number of likely N-dealkylation sites (N-methyl/N-ethyl adjacent to an activating group) is 1. The third-order valence-electron chi connectivity index (χ3n) is 9.19. The molecule has 0 spiro atoms. The fourth-order valence-corrected chi connectivity index (χ4v) is 5.65. The molecule has 0 aromatic carbocycles. The van der Waals surface area contributed by atoms with Crippen molar-refractivity contribution < 1.29 is 9.47 Å². The van der Waals surface area contributed by atoms with Gasteiger partial charge in [-0.2, -0.15) is 0 Å². The molecule has 0 saturated carbocycles.